The Bertz CT molecular complexity index is 530. The van der Waals surface area contributed by atoms with Gasteiger partial charge in [0.1, 0.15) is 5.75 Å². The molecule has 4 nitrogen and oxygen atoms in total. The summed E-state index contributed by atoms with van der Waals surface area (Å²) in [5.74, 6) is 0.876. The summed E-state index contributed by atoms with van der Waals surface area (Å²) in [6.45, 7) is 1.38. The van der Waals surface area contributed by atoms with Gasteiger partial charge in [0.05, 0.1) is 7.11 Å². The van der Waals surface area contributed by atoms with Crippen LogP contribution in [-0.2, 0) is 6.54 Å². The van der Waals surface area contributed by atoms with Crippen LogP contribution in [0.5, 0.6) is 5.75 Å². The Hall–Kier alpha value is -1.91. The van der Waals surface area contributed by atoms with Crippen LogP contribution >= 0.6 is 0 Å². The SMILES string of the molecule is COc1cccc(CN(C)C(CN)c2cccnc2)c1. The van der Waals surface area contributed by atoms with Gasteiger partial charge >= 0.3 is 0 Å². The first-order chi connectivity index (χ1) is 9.74. The van der Waals surface area contributed by atoms with Crippen molar-refractivity contribution in [2.24, 2.45) is 5.73 Å². The van der Waals surface area contributed by atoms with Crippen LogP contribution < -0.4 is 10.5 Å². The van der Waals surface area contributed by atoms with Crippen molar-refractivity contribution in [1.29, 1.82) is 0 Å². The fraction of sp³-hybridized carbons (Fsp3) is 0.312. The van der Waals surface area contributed by atoms with Crippen LogP contribution in [0.4, 0.5) is 0 Å². The molecule has 2 rings (SSSR count). The van der Waals surface area contributed by atoms with E-state index >= 15 is 0 Å². The van der Waals surface area contributed by atoms with Crippen LogP contribution in [-0.4, -0.2) is 30.6 Å². The molecule has 0 saturated carbocycles. The molecule has 0 amide bonds. The van der Waals surface area contributed by atoms with Crippen LogP contribution in [0.1, 0.15) is 17.2 Å². The number of methoxy groups -OCH3 is 1. The second-order valence-corrected chi connectivity index (χ2v) is 4.80. The predicted molar refractivity (Wildman–Crippen MR) is 80.5 cm³/mol. The first-order valence-corrected chi connectivity index (χ1v) is 6.67. The van der Waals surface area contributed by atoms with E-state index in [9.17, 15) is 0 Å². The predicted octanol–water partition coefficient (Wildman–Crippen LogP) is 2.22. The molecular formula is C16H21N3O. The van der Waals surface area contributed by atoms with Gasteiger partial charge in [-0.1, -0.05) is 18.2 Å². The summed E-state index contributed by atoms with van der Waals surface area (Å²) >= 11 is 0. The summed E-state index contributed by atoms with van der Waals surface area (Å²) in [6.07, 6.45) is 3.65. The van der Waals surface area contributed by atoms with Crippen molar-refractivity contribution in [2.45, 2.75) is 12.6 Å². The quantitative estimate of drug-likeness (QED) is 0.875. The van der Waals surface area contributed by atoms with Gasteiger partial charge in [0, 0.05) is 31.5 Å². The molecule has 1 aromatic heterocycles. The molecule has 0 spiro atoms. The van der Waals surface area contributed by atoms with E-state index in [1.54, 1.807) is 13.3 Å². The molecule has 1 heterocycles. The first-order valence-electron chi connectivity index (χ1n) is 6.67. The summed E-state index contributed by atoms with van der Waals surface area (Å²) < 4.78 is 5.25. The molecule has 2 N–H and O–H groups in total. The number of hydrogen-bond acceptors (Lipinski definition) is 4. The average molecular weight is 271 g/mol. The molecule has 1 unspecified atom stereocenters. The molecular weight excluding hydrogens is 250 g/mol. The molecule has 4 heteroatoms. The van der Waals surface area contributed by atoms with Gasteiger partial charge in [0.25, 0.3) is 0 Å². The monoisotopic (exact) mass is 271 g/mol. The Morgan fingerprint density at radius 2 is 2.15 bits per heavy atom. The smallest absolute Gasteiger partial charge is 0.119 e. The van der Waals surface area contributed by atoms with E-state index in [0.29, 0.717) is 6.54 Å². The molecule has 0 radical (unpaired) electrons. The fourth-order valence-corrected chi connectivity index (χ4v) is 2.31. The van der Waals surface area contributed by atoms with Gasteiger partial charge in [-0.2, -0.15) is 0 Å². The van der Waals surface area contributed by atoms with E-state index in [2.05, 4.69) is 29.1 Å². The molecule has 106 valence electrons. The van der Waals surface area contributed by atoms with E-state index in [1.165, 1.54) is 5.56 Å². The summed E-state index contributed by atoms with van der Waals surface area (Å²) in [7, 11) is 3.76. The van der Waals surface area contributed by atoms with Gasteiger partial charge < -0.3 is 10.5 Å². The maximum absolute atomic E-state index is 5.92. The number of aromatic nitrogens is 1. The molecule has 20 heavy (non-hydrogen) atoms. The van der Waals surface area contributed by atoms with Crippen LogP contribution in [0, 0.1) is 0 Å². The molecule has 0 aliphatic carbocycles. The number of nitrogens with zero attached hydrogens (tertiary/aromatic N) is 2. The minimum Gasteiger partial charge on any atom is -0.497 e. The van der Waals surface area contributed by atoms with Crippen molar-refractivity contribution in [2.75, 3.05) is 20.7 Å². The van der Waals surface area contributed by atoms with E-state index in [1.807, 2.05) is 30.5 Å². The van der Waals surface area contributed by atoms with Crippen molar-refractivity contribution in [3.63, 3.8) is 0 Å². The Labute approximate surface area is 120 Å². The molecule has 1 aromatic carbocycles. The zero-order chi connectivity index (χ0) is 14.4. The third-order valence-electron chi connectivity index (χ3n) is 3.39. The van der Waals surface area contributed by atoms with Crippen molar-refractivity contribution in [3.05, 3.63) is 59.9 Å². The Morgan fingerprint density at radius 1 is 1.30 bits per heavy atom. The third-order valence-corrected chi connectivity index (χ3v) is 3.39. The molecule has 1 atom stereocenters. The van der Waals surface area contributed by atoms with Crippen molar-refractivity contribution < 1.29 is 4.74 Å². The van der Waals surface area contributed by atoms with Gasteiger partial charge in [-0.3, -0.25) is 9.88 Å². The van der Waals surface area contributed by atoms with Crippen molar-refractivity contribution >= 4 is 0 Å². The van der Waals surface area contributed by atoms with Crippen LogP contribution in [0.25, 0.3) is 0 Å². The Balaban J connectivity index is 2.11. The Kier molecular flexibility index (Phi) is 5.09. The molecule has 0 saturated heterocycles. The lowest BCUT2D eigenvalue weighted by molar-refractivity contribution is 0.241. The highest BCUT2D eigenvalue weighted by atomic mass is 16.5. The van der Waals surface area contributed by atoms with Gasteiger partial charge in [0.15, 0.2) is 0 Å². The Morgan fingerprint density at radius 3 is 2.80 bits per heavy atom. The molecule has 0 aliphatic rings. The number of hydrogen-bond donors (Lipinski definition) is 1. The van der Waals surface area contributed by atoms with Gasteiger partial charge in [-0.25, -0.2) is 0 Å². The third kappa shape index (κ3) is 3.56. The number of pyridine rings is 1. The van der Waals surface area contributed by atoms with Crippen molar-refractivity contribution in [1.82, 2.24) is 9.88 Å². The zero-order valence-electron chi connectivity index (χ0n) is 12.0. The van der Waals surface area contributed by atoms with E-state index in [0.717, 1.165) is 17.9 Å². The largest absolute Gasteiger partial charge is 0.497 e. The van der Waals surface area contributed by atoms with Gasteiger partial charge in [0.2, 0.25) is 0 Å². The van der Waals surface area contributed by atoms with E-state index in [-0.39, 0.29) is 6.04 Å². The number of nitrogens with two attached hydrogens (primary N) is 1. The summed E-state index contributed by atoms with van der Waals surface area (Å²) in [5, 5.41) is 0. The first kappa shape index (κ1) is 14.5. The number of ether oxygens (including phenoxy) is 1. The van der Waals surface area contributed by atoms with Crippen LogP contribution in [0.2, 0.25) is 0 Å². The zero-order valence-corrected chi connectivity index (χ0v) is 12.0. The molecule has 0 fully saturated rings. The highest BCUT2D eigenvalue weighted by Crippen LogP contribution is 2.21. The van der Waals surface area contributed by atoms with E-state index < -0.39 is 0 Å². The summed E-state index contributed by atoms with van der Waals surface area (Å²) in [4.78, 5) is 6.40. The second kappa shape index (κ2) is 7.03. The lowest BCUT2D eigenvalue weighted by atomic mass is 10.1. The van der Waals surface area contributed by atoms with Crippen LogP contribution in [0.3, 0.4) is 0 Å². The van der Waals surface area contributed by atoms with Gasteiger partial charge in [-0.05, 0) is 36.4 Å². The average Bonchev–Trinajstić information content (AvgIpc) is 2.49. The second-order valence-electron chi connectivity index (χ2n) is 4.80. The number of rotatable bonds is 6. The van der Waals surface area contributed by atoms with Gasteiger partial charge in [-0.15, -0.1) is 0 Å². The number of benzene rings is 1. The topological polar surface area (TPSA) is 51.4 Å². The minimum atomic E-state index is 0.162. The normalized spacial score (nSPS) is 12.4. The minimum absolute atomic E-state index is 0.162. The lowest BCUT2D eigenvalue weighted by Gasteiger charge is -2.27. The fourth-order valence-electron chi connectivity index (χ4n) is 2.31. The highest BCUT2D eigenvalue weighted by molar-refractivity contribution is 5.28. The number of likely N-dealkylation sites (N-methyl/N-ethyl adjacent to an activating group) is 1. The maximum atomic E-state index is 5.92. The molecule has 2 aromatic rings. The van der Waals surface area contributed by atoms with Crippen molar-refractivity contribution in [3.8, 4) is 5.75 Å². The maximum Gasteiger partial charge on any atom is 0.119 e. The summed E-state index contributed by atoms with van der Waals surface area (Å²) in [6, 6.07) is 12.3. The van der Waals surface area contributed by atoms with Crippen LogP contribution in [0.15, 0.2) is 48.8 Å². The summed E-state index contributed by atoms with van der Waals surface area (Å²) in [5.41, 5.74) is 8.26. The highest BCUT2D eigenvalue weighted by Gasteiger charge is 2.15. The molecule has 0 aliphatic heterocycles. The lowest BCUT2D eigenvalue weighted by Crippen LogP contribution is -2.30. The van der Waals surface area contributed by atoms with E-state index in [4.69, 9.17) is 10.5 Å². The standard InChI is InChI=1S/C16H21N3O/c1-19(12-13-5-3-7-15(9-13)20-2)16(10-17)14-6-4-8-18-11-14/h3-9,11,16H,10,12,17H2,1-2H3. The molecule has 0 bridgehead atoms.